The maximum atomic E-state index is 15.2. The van der Waals surface area contributed by atoms with Crippen molar-refractivity contribution in [1.82, 2.24) is 4.98 Å². The van der Waals surface area contributed by atoms with E-state index in [0.717, 1.165) is 23.1 Å². The molecule has 0 aliphatic carbocycles. The van der Waals surface area contributed by atoms with Crippen LogP contribution < -0.4 is 24.4 Å². The van der Waals surface area contributed by atoms with Gasteiger partial charge >= 0.3 is 11.9 Å². The van der Waals surface area contributed by atoms with Gasteiger partial charge in [0, 0.05) is 29.4 Å². The summed E-state index contributed by atoms with van der Waals surface area (Å²) in [6.45, 7) is 3.43. The summed E-state index contributed by atoms with van der Waals surface area (Å²) in [4.78, 5) is 44.8. The molecule has 1 aromatic heterocycles. The number of pyridine rings is 1. The van der Waals surface area contributed by atoms with Crippen molar-refractivity contribution >= 4 is 46.3 Å². The first-order valence-electron chi connectivity index (χ1n) is 13.2. The molecule has 12 heteroatoms. The summed E-state index contributed by atoms with van der Waals surface area (Å²) >= 11 is 0. The molecule has 0 fully saturated rings. The van der Waals surface area contributed by atoms with E-state index in [1.54, 1.807) is 32.0 Å². The van der Waals surface area contributed by atoms with Crippen LogP contribution in [0.3, 0.4) is 0 Å². The van der Waals surface area contributed by atoms with Crippen LogP contribution in [0.2, 0.25) is 0 Å². The van der Waals surface area contributed by atoms with Crippen LogP contribution in [-0.4, -0.2) is 53.9 Å². The number of nitrogens with one attached hydrogen (secondary N) is 1. The van der Waals surface area contributed by atoms with Gasteiger partial charge in [0.05, 0.1) is 32.0 Å². The Morgan fingerprint density at radius 3 is 2.28 bits per heavy atom. The Kier molecular flexibility index (Phi) is 8.02. The predicted octanol–water partition coefficient (Wildman–Crippen LogP) is 5.54. The molecule has 10 nitrogen and oxygen atoms in total. The molecule has 1 unspecified atom stereocenters. The highest BCUT2D eigenvalue weighted by atomic mass is 19.1. The number of amides is 4. The third-order valence-corrected chi connectivity index (χ3v) is 6.76. The second-order valence-electron chi connectivity index (χ2n) is 9.83. The van der Waals surface area contributed by atoms with Crippen LogP contribution in [0.4, 0.5) is 25.0 Å². The Hall–Kier alpha value is -5.39. The number of ether oxygens (including phenoxy) is 3. The molecule has 220 valence electrons. The highest BCUT2D eigenvalue weighted by molar-refractivity contribution is 6.28. The van der Waals surface area contributed by atoms with E-state index in [9.17, 15) is 18.8 Å². The van der Waals surface area contributed by atoms with Crippen molar-refractivity contribution in [3.63, 3.8) is 0 Å². The first-order chi connectivity index (χ1) is 20.6. The van der Waals surface area contributed by atoms with Crippen LogP contribution in [0.25, 0.3) is 10.9 Å². The normalized spacial score (nSPS) is 15.0. The first-order valence-corrected chi connectivity index (χ1v) is 13.2. The fraction of sp³-hybridized carbons (Fsp3) is 0.194. The number of carbonyl (C=O) groups is 3. The molecule has 0 spiro atoms. The number of hydrogen-bond donors (Lipinski definition) is 1. The molecule has 4 aromatic rings. The molecule has 4 amide bonds. The van der Waals surface area contributed by atoms with Crippen LogP contribution in [0.5, 0.6) is 23.0 Å². The maximum Gasteiger partial charge on any atom is 0.505 e. The standard InChI is InChI=1S/C31H26F2N4O6/c1-17(2)36-16-22(30(39)37(31(36)40)20-8-5-18(32)6-9-20)29(38)35-19-7-10-26(23(33)13-19)43-25-11-12-34-24-15-28(42-4)27(41-3)14-21(24)25/h5-17,22H,1-4H3/p+1. The molecular weight excluding hydrogens is 562 g/mol. The number of nitrogens with zero attached hydrogens (tertiary/aromatic N) is 3. The van der Waals surface area contributed by atoms with Crippen molar-refractivity contribution in [3.8, 4) is 23.0 Å². The average molecular weight is 590 g/mol. The van der Waals surface area contributed by atoms with Gasteiger partial charge in [-0.25, -0.2) is 13.6 Å². The van der Waals surface area contributed by atoms with Gasteiger partial charge in [-0.1, -0.05) is 0 Å². The minimum absolute atomic E-state index is 0.0587. The van der Waals surface area contributed by atoms with Crippen LogP contribution in [0.1, 0.15) is 13.8 Å². The van der Waals surface area contributed by atoms with E-state index in [1.165, 1.54) is 55.5 Å². The smallest absolute Gasteiger partial charge is 0.493 e. The lowest BCUT2D eigenvalue weighted by Gasteiger charge is -2.24. The molecule has 2 heterocycles. The van der Waals surface area contributed by atoms with Crippen molar-refractivity contribution < 1.29 is 42.0 Å². The predicted molar refractivity (Wildman–Crippen MR) is 154 cm³/mol. The average Bonchev–Trinajstić information content (AvgIpc) is 2.98. The fourth-order valence-electron chi connectivity index (χ4n) is 4.57. The van der Waals surface area contributed by atoms with Crippen LogP contribution in [0.15, 0.2) is 66.9 Å². The Bertz CT molecular complexity index is 1770. The van der Waals surface area contributed by atoms with Crippen LogP contribution >= 0.6 is 0 Å². The highest BCUT2D eigenvalue weighted by Gasteiger charge is 2.48. The molecule has 43 heavy (non-hydrogen) atoms. The number of fused-ring (bicyclic) bond motifs is 1. The second kappa shape index (κ2) is 11.8. The topological polar surface area (TPSA) is 110 Å². The molecule has 1 N–H and O–H groups in total. The molecule has 0 radical (unpaired) electrons. The summed E-state index contributed by atoms with van der Waals surface area (Å²) in [7, 11) is 2.99. The van der Waals surface area contributed by atoms with E-state index in [2.05, 4.69) is 10.3 Å². The van der Waals surface area contributed by atoms with E-state index in [0.29, 0.717) is 28.2 Å². The lowest BCUT2D eigenvalue weighted by Crippen LogP contribution is -2.55. The Balaban J connectivity index is 1.39. The van der Waals surface area contributed by atoms with Crippen molar-refractivity contribution in [2.24, 2.45) is 5.92 Å². The third kappa shape index (κ3) is 5.71. The number of halogens is 2. The number of imide groups is 1. The summed E-state index contributed by atoms with van der Waals surface area (Å²) in [6, 6.07) is 12.4. The molecule has 0 saturated carbocycles. The summed E-state index contributed by atoms with van der Waals surface area (Å²) in [5.74, 6) is -3.27. The molecule has 1 atom stereocenters. The Morgan fingerprint density at radius 1 is 0.930 bits per heavy atom. The van der Waals surface area contributed by atoms with Gasteiger partial charge in [-0.3, -0.25) is 9.78 Å². The number of methoxy groups -OCH3 is 2. The van der Waals surface area contributed by atoms with E-state index in [4.69, 9.17) is 14.2 Å². The monoisotopic (exact) mass is 589 g/mol. The molecule has 3 aromatic carbocycles. The van der Waals surface area contributed by atoms with Gasteiger partial charge < -0.3 is 19.5 Å². The minimum atomic E-state index is -1.42. The number of aromatic nitrogens is 1. The van der Waals surface area contributed by atoms with Gasteiger partial charge in [-0.05, 0) is 62.4 Å². The molecule has 1 aliphatic heterocycles. The van der Waals surface area contributed by atoms with Crippen molar-refractivity contribution in [2.75, 3.05) is 24.4 Å². The first kappa shape index (κ1) is 29.1. The zero-order chi connectivity index (χ0) is 30.8. The second-order valence-corrected chi connectivity index (χ2v) is 9.83. The van der Waals surface area contributed by atoms with Crippen LogP contribution in [-0.2, 0) is 9.59 Å². The van der Waals surface area contributed by atoms with Crippen molar-refractivity contribution in [1.29, 1.82) is 0 Å². The van der Waals surface area contributed by atoms with E-state index >= 15 is 4.39 Å². The largest absolute Gasteiger partial charge is 0.505 e. The molecule has 5 rings (SSSR count). The third-order valence-electron chi connectivity index (χ3n) is 6.76. The molecule has 1 aliphatic rings. The summed E-state index contributed by atoms with van der Waals surface area (Å²) < 4.78 is 46.5. The van der Waals surface area contributed by atoms with Gasteiger partial charge in [-0.2, -0.15) is 9.37 Å². The number of urea groups is 1. The zero-order valence-corrected chi connectivity index (χ0v) is 23.6. The van der Waals surface area contributed by atoms with E-state index in [1.807, 2.05) is 0 Å². The summed E-state index contributed by atoms with van der Waals surface area (Å²) in [6.07, 6.45) is 2.74. The van der Waals surface area contributed by atoms with Gasteiger partial charge in [0.1, 0.15) is 17.3 Å². The fourth-order valence-corrected chi connectivity index (χ4v) is 4.57. The number of hydrogen-bond acceptors (Lipinski definition) is 7. The Morgan fingerprint density at radius 2 is 1.63 bits per heavy atom. The van der Waals surface area contributed by atoms with Gasteiger partial charge in [0.25, 0.3) is 0 Å². The quantitative estimate of drug-likeness (QED) is 0.212. The van der Waals surface area contributed by atoms with Crippen molar-refractivity contribution in [2.45, 2.75) is 19.9 Å². The van der Waals surface area contributed by atoms with Crippen LogP contribution in [0, 0.1) is 17.6 Å². The zero-order valence-electron chi connectivity index (χ0n) is 23.6. The number of anilines is 2. The maximum absolute atomic E-state index is 15.2. The van der Waals surface area contributed by atoms with Gasteiger partial charge in [-0.15, -0.1) is 4.90 Å². The SMILES string of the molecule is COc1cc2nccc(Oc3ccc(NC(=O)C4C=[N+](C(C)C)C(=O)N(c5ccc(F)cc5)C4=O)cc3F)c2cc1OC. The van der Waals surface area contributed by atoms with Crippen molar-refractivity contribution in [3.05, 3.63) is 78.5 Å². The highest BCUT2D eigenvalue weighted by Crippen LogP contribution is 2.37. The Labute approximate surface area is 245 Å². The summed E-state index contributed by atoms with van der Waals surface area (Å²) in [5.41, 5.74) is 0.708. The van der Waals surface area contributed by atoms with E-state index in [-0.39, 0.29) is 17.1 Å². The molecule has 0 saturated heterocycles. The molecular formula is C31H27F2N4O6+. The number of rotatable bonds is 8. The van der Waals surface area contributed by atoms with Gasteiger partial charge in [0.15, 0.2) is 29.0 Å². The summed E-state index contributed by atoms with van der Waals surface area (Å²) in [5, 5.41) is 3.09. The number of carbonyl (C=O) groups excluding carboxylic acids is 3. The lowest BCUT2D eigenvalue weighted by atomic mass is 10.0. The van der Waals surface area contributed by atoms with E-state index < -0.39 is 41.4 Å². The lowest BCUT2D eigenvalue weighted by molar-refractivity contribution is -0.459. The van der Waals surface area contributed by atoms with Gasteiger partial charge in [0.2, 0.25) is 5.91 Å². The minimum Gasteiger partial charge on any atom is -0.493 e. The molecule has 0 bridgehead atoms. The number of benzene rings is 3.